The zero-order chi connectivity index (χ0) is 11.9. The van der Waals surface area contributed by atoms with E-state index in [9.17, 15) is 4.79 Å². The molecule has 0 radical (unpaired) electrons. The third-order valence-corrected chi connectivity index (χ3v) is 3.23. The van der Waals surface area contributed by atoms with E-state index in [1.54, 1.807) is 26.3 Å². The number of hydrogen-bond acceptors (Lipinski definition) is 3. The smallest absolute Gasteiger partial charge is 0.262 e. The quantitative estimate of drug-likeness (QED) is 0.760. The topological polar surface area (TPSA) is 44.1 Å². The molecule has 2 rings (SSSR count). The fourth-order valence-electron chi connectivity index (χ4n) is 1.40. The van der Waals surface area contributed by atoms with Gasteiger partial charge < -0.3 is 4.74 Å². The Morgan fingerprint density at radius 1 is 1.50 bits per heavy atom. The van der Waals surface area contributed by atoms with Crippen LogP contribution in [0, 0.1) is 0 Å². The molecule has 2 aromatic rings. The third kappa shape index (κ3) is 1.70. The molecule has 6 heteroatoms. The molecule has 1 heterocycles. The van der Waals surface area contributed by atoms with Crippen molar-refractivity contribution < 1.29 is 4.74 Å². The predicted octanol–water partition coefficient (Wildman–Crippen LogP) is 2.36. The van der Waals surface area contributed by atoms with E-state index in [-0.39, 0.29) is 10.8 Å². The van der Waals surface area contributed by atoms with Crippen molar-refractivity contribution in [1.82, 2.24) is 9.55 Å². The Hall–Kier alpha value is -1.07. The minimum atomic E-state index is -0.199. The molecule has 0 aliphatic rings. The van der Waals surface area contributed by atoms with Gasteiger partial charge in [-0.25, -0.2) is 4.98 Å². The zero-order valence-corrected chi connectivity index (χ0v) is 11.0. The first-order chi connectivity index (χ1) is 7.54. The van der Waals surface area contributed by atoms with Gasteiger partial charge in [0.25, 0.3) is 5.56 Å². The van der Waals surface area contributed by atoms with Gasteiger partial charge in [-0.05, 0) is 39.7 Å². The molecule has 0 aliphatic heterocycles. The number of benzene rings is 1. The Balaban J connectivity index is 2.97. The monoisotopic (exact) mass is 302 g/mol. The van der Waals surface area contributed by atoms with Crippen molar-refractivity contribution in [3.8, 4) is 5.75 Å². The predicted molar refractivity (Wildman–Crippen MR) is 66.2 cm³/mol. The Kier molecular flexibility index (Phi) is 2.90. The van der Waals surface area contributed by atoms with Crippen LogP contribution in [-0.2, 0) is 7.05 Å². The lowest BCUT2D eigenvalue weighted by molar-refractivity contribution is 0.415. The maximum Gasteiger partial charge on any atom is 0.262 e. The Morgan fingerprint density at radius 3 is 2.81 bits per heavy atom. The van der Waals surface area contributed by atoms with Crippen LogP contribution in [0.25, 0.3) is 10.9 Å². The summed E-state index contributed by atoms with van der Waals surface area (Å²) in [6.07, 6.45) is 0. The van der Waals surface area contributed by atoms with Gasteiger partial charge in [-0.15, -0.1) is 0 Å². The average molecular weight is 304 g/mol. The molecule has 0 spiro atoms. The second-order valence-electron chi connectivity index (χ2n) is 3.25. The molecule has 1 aromatic carbocycles. The fraction of sp³-hybridized carbons (Fsp3) is 0.200. The van der Waals surface area contributed by atoms with Gasteiger partial charge in [-0.3, -0.25) is 9.36 Å². The highest BCUT2D eigenvalue weighted by atomic mass is 79.9. The first-order valence-electron chi connectivity index (χ1n) is 4.44. The van der Waals surface area contributed by atoms with E-state index in [2.05, 4.69) is 20.9 Å². The average Bonchev–Trinajstić information content (AvgIpc) is 2.27. The van der Waals surface area contributed by atoms with Crippen molar-refractivity contribution in [2.45, 2.75) is 0 Å². The van der Waals surface area contributed by atoms with Crippen LogP contribution >= 0.6 is 27.5 Å². The number of fused-ring (bicyclic) bond motifs is 1. The summed E-state index contributed by atoms with van der Waals surface area (Å²) in [7, 11) is 3.12. The summed E-state index contributed by atoms with van der Waals surface area (Å²) in [6, 6.07) is 3.39. The van der Waals surface area contributed by atoms with Crippen molar-refractivity contribution in [2.24, 2.45) is 7.05 Å². The molecule has 0 saturated heterocycles. The Morgan fingerprint density at radius 2 is 2.19 bits per heavy atom. The van der Waals surface area contributed by atoms with E-state index in [0.717, 1.165) is 0 Å². The number of ether oxygens (including phenoxy) is 1. The first-order valence-corrected chi connectivity index (χ1v) is 5.61. The van der Waals surface area contributed by atoms with Gasteiger partial charge in [-0.2, -0.15) is 0 Å². The maximum atomic E-state index is 11.9. The van der Waals surface area contributed by atoms with Crippen LogP contribution in [0.2, 0.25) is 5.28 Å². The van der Waals surface area contributed by atoms with Gasteiger partial charge in [0.15, 0.2) is 0 Å². The summed E-state index contributed by atoms with van der Waals surface area (Å²) in [4.78, 5) is 16.1. The summed E-state index contributed by atoms with van der Waals surface area (Å²) < 4.78 is 7.06. The fourth-order valence-corrected chi connectivity index (χ4v) is 2.09. The van der Waals surface area contributed by atoms with E-state index < -0.39 is 0 Å². The lowest BCUT2D eigenvalue weighted by Crippen LogP contribution is -2.18. The molecular weight excluding hydrogens is 295 g/mol. The molecule has 0 N–H and O–H groups in total. The SMILES string of the molecule is COc1cc(Br)c2nc(Cl)n(C)c(=O)c2c1. The standard InChI is InChI=1S/C10H8BrClN2O2/c1-14-9(15)6-3-5(16-2)4-7(11)8(6)13-10(14)12/h3-4H,1-2H3. The van der Waals surface area contributed by atoms with Crippen molar-refractivity contribution in [2.75, 3.05) is 7.11 Å². The lowest BCUT2D eigenvalue weighted by atomic mass is 10.2. The number of methoxy groups -OCH3 is 1. The molecule has 4 nitrogen and oxygen atoms in total. The summed E-state index contributed by atoms with van der Waals surface area (Å²) in [5.74, 6) is 0.598. The van der Waals surface area contributed by atoms with Crippen LogP contribution in [0.1, 0.15) is 0 Å². The van der Waals surface area contributed by atoms with E-state index in [4.69, 9.17) is 16.3 Å². The van der Waals surface area contributed by atoms with Crippen LogP contribution in [0.15, 0.2) is 21.4 Å². The molecule has 0 fully saturated rings. The minimum Gasteiger partial charge on any atom is -0.497 e. The highest BCUT2D eigenvalue weighted by Gasteiger charge is 2.11. The van der Waals surface area contributed by atoms with E-state index in [0.29, 0.717) is 21.1 Å². The van der Waals surface area contributed by atoms with E-state index in [1.807, 2.05) is 0 Å². The normalized spacial score (nSPS) is 10.8. The van der Waals surface area contributed by atoms with Gasteiger partial charge >= 0.3 is 0 Å². The molecule has 0 bridgehead atoms. The number of halogens is 2. The highest BCUT2D eigenvalue weighted by molar-refractivity contribution is 9.10. The van der Waals surface area contributed by atoms with Gasteiger partial charge in [0.2, 0.25) is 5.28 Å². The third-order valence-electron chi connectivity index (χ3n) is 2.29. The summed E-state index contributed by atoms with van der Waals surface area (Å²) in [5, 5.41) is 0.626. The molecule has 84 valence electrons. The Labute approximate surface area is 105 Å². The minimum absolute atomic E-state index is 0.156. The number of aromatic nitrogens is 2. The molecular formula is C10H8BrClN2O2. The van der Waals surface area contributed by atoms with Gasteiger partial charge in [0.05, 0.1) is 18.0 Å². The van der Waals surface area contributed by atoms with Crippen molar-refractivity contribution in [3.63, 3.8) is 0 Å². The highest BCUT2D eigenvalue weighted by Crippen LogP contribution is 2.26. The molecule has 0 atom stereocenters. The molecule has 0 unspecified atom stereocenters. The van der Waals surface area contributed by atoms with Crippen molar-refractivity contribution in [3.05, 3.63) is 32.2 Å². The summed E-state index contributed by atoms with van der Waals surface area (Å²) in [5.41, 5.74) is 0.337. The van der Waals surface area contributed by atoms with Crippen LogP contribution in [-0.4, -0.2) is 16.7 Å². The summed E-state index contributed by atoms with van der Waals surface area (Å²) >= 11 is 9.17. The lowest BCUT2D eigenvalue weighted by Gasteiger charge is -2.07. The number of nitrogens with zero attached hydrogens (tertiary/aromatic N) is 2. The van der Waals surface area contributed by atoms with Crippen molar-refractivity contribution in [1.29, 1.82) is 0 Å². The summed E-state index contributed by atoms with van der Waals surface area (Å²) in [6.45, 7) is 0. The van der Waals surface area contributed by atoms with Crippen LogP contribution in [0.5, 0.6) is 5.75 Å². The molecule has 1 aromatic heterocycles. The van der Waals surface area contributed by atoms with Gasteiger partial charge in [-0.1, -0.05) is 0 Å². The molecule has 0 aliphatic carbocycles. The van der Waals surface area contributed by atoms with Gasteiger partial charge in [0.1, 0.15) is 5.75 Å². The molecule has 0 saturated carbocycles. The number of rotatable bonds is 1. The molecule has 0 amide bonds. The second-order valence-corrected chi connectivity index (χ2v) is 4.44. The van der Waals surface area contributed by atoms with Crippen molar-refractivity contribution >= 4 is 38.4 Å². The van der Waals surface area contributed by atoms with E-state index in [1.165, 1.54) is 4.57 Å². The Bertz CT molecular complexity index is 624. The zero-order valence-electron chi connectivity index (χ0n) is 8.62. The maximum absolute atomic E-state index is 11.9. The van der Waals surface area contributed by atoms with Crippen LogP contribution in [0.4, 0.5) is 0 Å². The molecule has 16 heavy (non-hydrogen) atoms. The number of hydrogen-bond donors (Lipinski definition) is 0. The largest absolute Gasteiger partial charge is 0.497 e. The van der Waals surface area contributed by atoms with Crippen LogP contribution < -0.4 is 10.3 Å². The van der Waals surface area contributed by atoms with E-state index >= 15 is 0 Å². The first kappa shape index (κ1) is 11.4. The van der Waals surface area contributed by atoms with Gasteiger partial charge in [0, 0.05) is 11.5 Å². The second kappa shape index (κ2) is 4.07. The van der Waals surface area contributed by atoms with Crippen LogP contribution in [0.3, 0.4) is 0 Å².